The van der Waals surface area contributed by atoms with Crippen LogP contribution in [-0.4, -0.2) is 30.7 Å². The molecule has 0 aliphatic carbocycles. The van der Waals surface area contributed by atoms with Crippen molar-refractivity contribution in [2.75, 3.05) is 0 Å². The van der Waals surface area contributed by atoms with Crippen LogP contribution in [0.1, 0.15) is 5.56 Å². The first-order valence-electron chi connectivity index (χ1n) is 7.15. The number of hydrogen-bond donors (Lipinski definition) is 2. The highest BCUT2D eigenvalue weighted by Gasteiger charge is 2.08. The lowest BCUT2D eigenvalue weighted by molar-refractivity contribution is 0.476. The van der Waals surface area contributed by atoms with E-state index in [0.717, 1.165) is 33.3 Å². The first kappa shape index (κ1) is 13.4. The Morgan fingerprint density at radius 1 is 0.957 bits per heavy atom. The van der Waals surface area contributed by atoms with E-state index in [1.54, 1.807) is 12.1 Å². The van der Waals surface area contributed by atoms with E-state index in [0.29, 0.717) is 5.82 Å². The van der Waals surface area contributed by atoms with Gasteiger partial charge in [-0.1, -0.05) is 24.3 Å². The Hall–Kier alpha value is -3.28. The second-order valence-corrected chi connectivity index (χ2v) is 5.36. The second kappa shape index (κ2) is 5.17. The van der Waals surface area contributed by atoms with Crippen molar-refractivity contribution in [3.05, 3.63) is 54.1 Å². The van der Waals surface area contributed by atoms with Crippen LogP contribution >= 0.6 is 0 Å². The van der Waals surface area contributed by atoms with Crippen LogP contribution in [0.3, 0.4) is 0 Å². The third kappa shape index (κ3) is 2.40. The zero-order valence-corrected chi connectivity index (χ0v) is 12.4. The van der Waals surface area contributed by atoms with Gasteiger partial charge in [0.1, 0.15) is 5.75 Å². The van der Waals surface area contributed by atoms with Gasteiger partial charge in [0.25, 0.3) is 0 Å². The van der Waals surface area contributed by atoms with Gasteiger partial charge >= 0.3 is 0 Å². The number of phenolic OH excluding ortho intramolecular Hbond substituents is 1. The third-order valence-electron chi connectivity index (χ3n) is 3.77. The van der Waals surface area contributed by atoms with Crippen molar-refractivity contribution in [3.8, 4) is 28.4 Å². The summed E-state index contributed by atoms with van der Waals surface area (Å²) in [6.07, 6.45) is 0. The fraction of sp³-hybridized carbons (Fsp3) is 0.0588. The summed E-state index contributed by atoms with van der Waals surface area (Å²) in [6.45, 7) is 2.01. The molecule has 0 saturated heterocycles. The Morgan fingerprint density at radius 3 is 2.48 bits per heavy atom. The maximum absolute atomic E-state index is 9.58. The molecule has 0 spiro atoms. The lowest BCUT2D eigenvalue weighted by Gasteiger charge is -2.08. The summed E-state index contributed by atoms with van der Waals surface area (Å²) in [5.74, 6) is 0.881. The smallest absolute Gasteiger partial charge is 0.179 e. The lowest BCUT2D eigenvalue weighted by atomic mass is 10.0. The molecule has 2 heterocycles. The van der Waals surface area contributed by atoms with Crippen LogP contribution in [0, 0.1) is 6.92 Å². The number of aryl methyl sites for hydroxylation is 1. The van der Waals surface area contributed by atoms with Gasteiger partial charge in [-0.05, 0) is 47.2 Å². The Kier molecular flexibility index (Phi) is 3.01. The van der Waals surface area contributed by atoms with E-state index >= 15 is 0 Å². The van der Waals surface area contributed by atoms with Gasteiger partial charge in [-0.3, -0.25) is 0 Å². The number of aromatic amines is 1. The minimum Gasteiger partial charge on any atom is -0.508 e. The number of fused-ring (bicyclic) bond motifs is 1. The van der Waals surface area contributed by atoms with Gasteiger partial charge in [0.05, 0.1) is 11.2 Å². The molecule has 2 N–H and O–H groups in total. The second-order valence-electron chi connectivity index (χ2n) is 5.36. The van der Waals surface area contributed by atoms with Crippen LogP contribution in [0.15, 0.2) is 48.5 Å². The summed E-state index contributed by atoms with van der Waals surface area (Å²) in [4.78, 5) is 4.72. The van der Waals surface area contributed by atoms with Crippen molar-refractivity contribution in [1.82, 2.24) is 25.6 Å². The summed E-state index contributed by atoms with van der Waals surface area (Å²) in [6, 6.07) is 15.1. The molecule has 0 saturated carbocycles. The minimum atomic E-state index is 0.247. The number of pyridine rings is 1. The predicted molar refractivity (Wildman–Crippen MR) is 86.8 cm³/mol. The number of rotatable bonds is 2. The molecule has 0 bridgehead atoms. The molecule has 0 radical (unpaired) electrons. The molecule has 23 heavy (non-hydrogen) atoms. The summed E-state index contributed by atoms with van der Waals surface area (Å²) in [5, 5.41) is 24.3. The molecule has 112 valence electrons. The molecule has 4 rings (SSSR count). The Balaban J connectivity index is 1.79. The molecule has 6 heteroatoms. The van der Waals surface area contributed by atoms with Gasteiger partial charge < -0.3 is 5.11 Å². The predicted octanol–water partition coefficient (Wildman–Crippen LogP) is 3.10. The number of benzene rings is 2. The van der Waals surface area contributed by atoms with Gasteiger partial charge in [0, 0.05) is 16.5 Å². The lowest BCUT2D eigenvalue weighted by Crippen LogP contribution is -1.90. The quantitative estimate of drug-likeness (QED) is 0.594. The SMILES string of the molecule is Cc1cc2cc(O)ccc2nc1-c1ccc(-c2nnn[nH]2)cc1. The normalized spacial score (nSPS) is 11.0. The maximum Gasteiger partial charge on any atom is 0.179 e. The Morgan fingerprint density at radius 2 is 1.74 bits per heavy atom. The van der Waals surface area contributed by atoms with E-state index in [-0.39, 0.29) is 5.75 Å². The molecular formula is C17H13N5O. The van der Waals surface area contributed by atoms with Crippen molar-refractivity contribution >= 4 is 10.9 Å². The summed E-state index contributed by atoms with van der Waals surface area (Å²) < 4.78 is 0. The molecule has 0 amide bonds. The molecule has 2 aromatic carbocycles. The van der Waals surface area contributed by atoms with Crippen molar-refractivity contribution in [3.63, 3.8) is 0 Å². The summed E-state index contributed by atoms with van der Waals surface area (Å²) in [7, 11) is 0. The number of tetrazole rings is 1. The number of H-pyrrole nitrogens is 1. The van der Waals surface area contributed by atoms with Crippen molar-refractivity contribution in [1.29, 1.82) is 0 Å². The number of nitrogens with zero attached hydrogens (tertiary/aromatic N) is 4. The van der Waals surface area contributed by atoms with Crippen LogP contribution in [0.2, 0.25) is 0 Å². The van der Waals surface area contributed by atoms with E-state index in [9.17, 15) is 5.11 Å². The largest absolute Gasteiger partial charge is 0.508 e. The molecular weight excluding hydrogens is 290 g/mol. The summed E-state index contributed by atoms with van der Waals surface area (Å²) in [5.41, 5.74) is 4.77. The van der Waals surface area contributed by atoms with Gasteiger partial charge in [-0.25, -0.2) is 10.1 Å². The first-order chi connectivity index (χ1) is 11.2. The third-order valence-corrected chi connectivity index (χ3v) is 3.77. The molecule has 4 aromatic rings. The van der Waals surface area contributed by atoms with Crippen molar-refractivity contribution < 1.29 is 5.11 Å². The standard InChI is InChI=1S/C17H13N5O/c1-10-8-13-9-14(23)6-7-15(13)18-16(10)11-2-4-12(5-3-11)17-19-21-22-20-17/h2-9,23H,1H3,(H,19,20,21,22). The fourth-order valence-corrected chi connectivity index (χ4v) is 2.63. The molecule has 2 aromatic heterocycles. The van der Waals surface area contributed by atoms with Gasteiger partial charge in [-0.15, -0.1) is 5.10 Å². The van der Waals surface area contributed by atoms with Crippen molar-refractivity contribution in [2.24, 2.45) is 0 Å². The minimum absolute atomic E-state index is 0.247. The highest BCUT2D eigenvalue weighted by atomic mass is 16.3. The van der Waals surface area contributed by atoms with Crippen LogP contribution < -0.4 is 0 Å². The Bertz CT molecular complexity index is 978. The number of phenols is 1. The molecule has 6 nitrogen and oxygen atoms in total. The fourth-order valence-electron chi connectivity index (χ4n) is 2.63. The molecule has 0 aliphatic heterocycles. The average molecular weight is 303 g/mol. The van der Waals surface area contributed by atoms with E-state index in [1.165, 1.54) is 0 Å². The van der Waals surface area contributed by atoms with Crippen LogP contribution in [-0.2, 0) is 0 Å². The number of hydrogen-bond acceptors (Lipinski definition) is 5. The van der Waals surface area contributed by atoms with E-state index in [2.05, 4.69) is 20.6 Å². The van der Waals surface area contributed by atoms with Gasteiger partial charge in [0.15, 0.2) is 5.82 Å². The average Bonchev–Trinajstić information content (AvgIpc) is 3.09. The van der Waals surface area contributed by atoms with Crippen LogP contribution in [0.25, 0.3) is 33.5 Å². The number of aromatic hydroxyl groups is 1. The highest BCUT2D eigenvalue weighted by Crippen LogP contribution is 2.28. The van der Waals surface area contributed by atoms with E-state index in [4.69, 9.17) is 4.98 Å². The molecule has 0 unspecified atom stereocenters. The maximum atomic E-state index is 9.58. The van der Waals surface area contributed by atoms with Crippen molar-refractivity contribution in [2.45, 2.75) is 6.92 Å². The number of nitrogens with one attached hydrogen (secondary N) is 1. The zero-order valence-electron chi connectivity index (χ0n) is 12.4. The van der Waals surface area contributed by atoms with Crippen LogP contribution in [0.5, 0.6) is 5.75 Å². The van der Waals surface area contributed by atoms with Gasteiger partial charge in [0.2, 0.25) is 0 Å². The van der Waals surface area contributed by atoms with E-state index < -0.39 is 0 Å². The zero-order chi connectivity index (χ0) is 15.8. The summed E-state index contributed by atoms with van der Waals surface area (Å²) >= 11 is 0. The monoisotopic (exact) mass is 303 g/mol. The number of aromatic nitrogens is 5. The highest BCUT2D eigenvalue weighted by molar-refractivity contribution is 5.84. The van der Waals surface area contributed by atoms with Gasteiger partial charge in [-0.2, -0.15) is 0 Å². The first-order valence-corrected chi connectivity index (χ1v) is 7.15. The Labute approximate surface area is 131 Å². The van der Waals surface area contributed by atoms with E-state index in [1.807, 2.05) is 43.3 Å². The molecule has 0 fully saturated rings. The molecule has 0 aliphatic rings. The van der Waals surface area contributed by atoms with Crippen LogP contribution in [0.4, 0.5) is 0 Å². The molecule has 0 atom stereocenters. The topological polar surface area (TPSA) is 87.6 Å².